The second-order valence-corrected chi connectivity index (χ2v) is 3.99. The van der Waals surface area contributed by atoms with Crippen molar-refractivity contribution in [3.63, 3.8) is 0 Å². The third-order valence-electron chi connectivity index (χ3n) is 1.36. The predicted molar refractivity (Wildman–Crippen MR) is 56.9 cm³/mol. The van der Waals surface area contributed by atoms with Gasteiger partial charge in [-0.3, -0.25) is 0 Å². The van der Waals surface area contributed by atoms with Crippen LogP contribution in [0.4, 0.5) is 0 Å². The molecule has 4 nitrogen and oxygen atoms in total. The summed E-state index contributed by atoms with van der Waals surface area (Å²) in [5.74, 6) is 0.521. The van der Waals surface area contributed by atoms with Crippen LogP contribution < -0.4 is 0 Å². The zero-order valence-electron chi connectivity index (χ0n) is 6.35. The first kappa shape index (κ1) is 8.89. The molecule has 66 valence electrons. The lowest BCUT2D eigenvalue weighted by molar-refractivity contribution is 0.806. The van der Waals surface area contributed by atoms with Crippen molar-refractivity contribution in [2.45, 2.75) is 0 Å². The molecule has 0 aromatic carbocycles. The van der Waals surface area contributed by atoms with Crippen LogP contribution in [0.3, 0.4) is 0 Å². The number of halogens is 2. The molecule has 0 saturated carbocycles. The molecule has 0 amide bonds. The minimum Gasteiger partial charge on any atom is -0.219 e. The lowest BCUT2D eigenvalue weighted by Crippen LogP contribution is -2.00. The summed E-state index contributed by atoms with van der Waals surface area (Å²) in [6, 6.07) is 0. The van der Waals surface area contributed by atoms with E-state index in [1.807, 2.05) is 0 Å². The molecule has 0 unspecified atom stereocenters. The molecule has 2 aromatic rings. The molecule has 6 heteroatoms. The highest BCUT2D eigenvalue weighted by molar-refractivity contribution is 14.1. The summed E-state index contributed by atoms with van der Waals surface area (Å²) in [5.41, 5.74) is 0. The summed E-state index contributed by atoms with van der Waals surface area (Å²) >= 11 is 7.84. The van der Waals surface area contributed by atoms with Gasteiger partial charge < -0.3 is 0 Å². The van der Waals surface area contributed by atoms with Crippen molar-refractivity contribution in [1.29, 1.82) is 0 Å². The molecule has 13 heavy (non-hydrogen) atoms. The van der Waals surface area contributed by atoms with E-state index in [1.54, 1.807) is 24.8 Å². The van der Waals surface area contributed by atoms with E-state index in [0.717, 1.165) is 3.57 Å². The fourth-order valence-electron chi connectivity index (χ4n) is 0.834. The lowest BCUT2D eigenvalue weighted by Gasteiger charge is -1.96. The molecule has 0 aliphatic rings. The Morgan fingerprint density at radius 3 is 2.46 bits per heavy atom. The molecule has 0 atom stereocenters. The van der Waals surface area contributed by atoms with Crippen molar-refractivity contribution < 1.29 is 0 Å². The van der Waals surface area contributed by atoms with Gasteiger partial charge in [0.2, 0.25) is 0 Å². The van der Waals surface area contributed by atoms with Gasteiger partial charge in [-0.15, -0.1) is 0 Å². The first-order valence-electron chi connectivity index (χ1n) is 3.44. The Bertz CT molecular complexity index is 411. The summed E-state index contributed by atoms with van der Waals surface area (Å²) in [5, 5.41) is 4.54. The second-order valence-electron chi connectivity index (χ2n) is 2.30. The summed E-state index contributed by atoms with van der Waals surface area (Å²) in [6.45, 7) is 0. The third kappa shape index (κ3) is 1.97. The zero-order valence-corrected chi connectivity index (χ0v) is 9.27. The third-order valence-corrected chi connectivity index (χ3v) is 2.11. The van der Waals surface area contributed by atoms with E-state index in [-0.39, 0.29) is 0 Å². The van der Waals surface area contributed by atoms with Gasteiger partial charge in [0.15, 0.2) is 0 Å². The van der Waals surface area contributed by atoms with Crippen LogP contribution in [0.25, 0.3) is 5.95 Å². The lowest BCUT2D eigenvalue weighted by atomic mass is 10.7. The van der Waals surface area contributed by atoms with Crippen molar-refractivity contribution in [3.05, 3.63) is 33.4 Å². The molecular formula is C7H4ClIN4. The fourth-order valence-corrected chi connectivity index (χ4v) is 1.25. The van der Waals surface area contributed by atoms with Gasteiger partial charge in [0.25, 0.3) is 5.95 Å². The van der Waals surface area contributed by atoms with Crippen LogP contribution in [-0.2, 0) is 0 Å². The highest BCUT2D eigenvalue weighted by Gasteiger charge is 2.00. The topological polar surface area (TPSA) is 43.6 Å². The van der Waals surface area contributed by atoms with Crippen LogP contribution in [0.5, 0.6) is 0 Å². The quantitative estimate of drug-likeness (QED) is 0.756. The van der Waals surface area contributed by atoms with Gasteiger partial charge in [-0.25, -0.2) is 14.6 Å². The largest absolute Gasteiger partial charge is 0.250 e. The highest BCUT2D eigenvalue weighted by Crippen LogP contribution is 2.08. The number of aromatic nitrogens is 4. The van der Waals surface area contributed by atoms with Crippen molar-refractivity contribution >= 4 is 34.2 Å². The van der Waals surface area contributed by atoms with Crippen LogP contribution in [0, 0.1) is 3.57 Å². The Hall–Kier alpha value is -0.690. The van der Waals surface area contributed by atoms with Gasteiger partial charge >= 0.3 is 0 Å². The molecular weight excluding hydrogens is 302 g/mol. The standard InChI is InChI=1S/C7H4ClIN4/c8-5-1-12-13(4-5)7-10-2-6(9)3-11-7/h1-4H. The molecule has 0 aliphatic heterocycles. The minimum atomic E-state index is 0.521. The molecule has 0 bridgehead atoms. The first-order chi connectivity index (χ1) is 6.25. The molecule has 0 aliphatic carbocycles. The molecule has 0 radical (unpaired) electrons. The van der Waals surface area contributed by atoms with E-state index < -0.39 is 0 Å². The van der Waals surface area contributed by atoms with Crippen LogP contribution in [-0.4, -0.2) is 19.7 Å². The molecule has 0 fully saturated rings. The van der Waals surface area contributed by atoms with Gasteiger partial charge in [-0.2, -0.15) is 5.10 Å². The van der Waals surface area contributed by atoms with E-state index in [4.69, 9.17) is 11.6 Å². The molecule has 2 heterocycles. The van der Waals surface area contributed by atoms with Crippen molar-refractivity contribution in [3.8, 4) is 5.95 Å². The summed E-state index contributed by atoms with van der Waals surface area (Å²) < 4.78 is 2.51. The predicted octanol–water partition coefficient (Wildman–Crippen LogP) is 1.92. The normalized spacial score (nSPS) is 10.3. The molecule has 2 aromatic heterocycles. The minimum absolute atomic E-state index is 0.521. The Morgan fingerprint density at radius 2 is 1.92 bits per heavy atom. The van der Waals surface area contributed by atoms with Crippen molar-refractivity contribution in [1.82, 2.24) is 19.7 Å². The molecule has 0 saturated heterocycles. The monoisotopic (exact) mass is 306 g/mol. The average Bonchev–Trinajstić information content (AvgIpc) is 2.53. The molecule has 0 spiro atoms. The Morgan fingerprint density at radius 1 is 1.23 bits per heavy atom. The highest BCUT2D eigenvalue weighted by atomic mass is 127. The zero-order chi connectivity index (χ0) is 9.26. The summed E-state index contributed by atoms with van der Waals surface area (Å²) in [4.78, 5) is 8.17. The van der Waals surface area contributed by atoms with Gasteiger partial charge in [0.1, 0.15) is 0 Å². The van der Waals surface area contributed by atoms with Crippen LogP contribution in [0.2, 0.25) is 5.02 Å². The fraction of sp³-hybridized carbons (Fsp3) is 0. The maximum absolute atomic E-state index is 5.70. The SMILES string of the molecule is Clc1cnn(-c2ncc(I)cn2)c1. The first-order valence-corrected chi connectivity index (χ1v) is 4.89. The number of hydrogen-bond donors (Lipinski definition) is 0. The second kappa shape index (κ2) is 3.59. The Balaban J connectivity index is 2.41. The van der Waals surface area contributed by atoms with Gasteiger partial charge in [-0.1, -0.05) is 11.6 Å². The average molecular weight is 306 g/mol. The maximum Gasteiger partial charge on any atom is 0.250 e. The Kier molecular flexibility index (Phi) is 2.45. The van der Waals surface area contributed by atoms with Crippen LogP contribution in [0.1, 0.15) is 0 Å². The van der Waals surface area contributed by atoms with Crippen LogP contribution >= 0.6 is 34.2 Å². The maximum atomic E-state index is 5.70. The van der Waals surface area contributed by atoms with Gasteiger partial charge in [0, 0.05) is 16.0 Å². The molecule has 2 rings (SSSR count). The van der Waals surface area contributed by atoms with Gasteiger partial charge in [0.05, 0.1) is 17.4 Å². The van der Waals surface area contributed by atoms with Crippen molar-refractivity contribution in [2.75, 3.05) is 0 Å². The van der Waals surface area contributed by atoms with E-state index in [0.29, 0.717) is 11.0 Å². The smallest absolute Gasteiger partial charge is 0.219 e. The summed E-state index contributed by atoms with van der Waals surface area (Å²) in [7, 11) is 0. The molecule has 0 N–H and O–H groups in total. The number of rotatable bonds is 1. The number of hydrogen-bond acceptors (Lipinski definition) is 3. The Labute approximate surface area is 93.1 Å². The van der Waals surface area contributed by atoms with E-state index in [2.05, 4.69) is 37.7 Å². The van der Waals surface area contributed by atoms with Crippen LogP contribution in [0.15, 0.2) is 24.8 Å². The van der Waals surface area contributed by atoms with Gasteiger partial charge in [-0.05, 0) is 22.6 Å². The van der Waals surface area contributed by atoms with E-state index >= 15 is 0 Å². The summed E-state index contributed by atoms with van der Waals surface area (Å²) in [6.07, 6.45) is 6.64. The van der Waals surface area contributed by atoms with Crippen molar-refractivity contribution in [2.24, 2.45) is 0 Å². The van der Waals surface area contributed by atoms with E-state index in [1.165, 1.54) is 4.68 Å². The van der Waals surface area contributed by atoms with E-state index in [9.17, 15) is 0 Å². The number of nitrogens with zero attached hydrogens (tertiary/aromatic N) is 4.